The molecular formula is C14H17NO4. The number of hydrogen-bond donors (Lipinski definition) is 2. The molecule has 0 radical (unpaired) electrons. The van der Waals surface area contributed by atoms with Gasteiger partial charge in [-0.3, -0.25) is 9.59 Å². The maximum absolute atomic E-state index is 12.3. The predicted molar refractivity (Wildman–Crippen MR) is 68.7 cm³/mol. The molecular weight excluding hydrogens is 246 g/mol. The van der Waals surface area contributed by atoms with Gasteiger partial charge < -0.3 is 15.1 Å². The van der Waals surface area contributed by atoms with E-state index in [1.54, 1.807) is 29.2 Å². The lowest BCUT2D eigenvalue weighted by Crippen LogP contribution is -2.35. The minimum absolute atomic E-state index is 0.0308. The molecule has 0 aliphatic heterocycles. The van der Waals surface area contributed by atoms with Crippen LogP contribution in [0, 0.1) is 0 Å². The summed E-state index contributed by atoms with van der Waals surface area (Å²) in [5, 5.41) is 17.7. The van der Waals surface area contributed by atoms with E-state index in [4.69, 9.17) is 10.2 Å². The SMILES string of the molecule is O=C(O)CCN(C(=O)c1ccc(CO)cc1)C1CC1. The zero-order chi connectivity index (χ0) is 13.8. The Morgan fingerprint density at radius 1 is 1.21 bits per heavy atom. The molecule has 5 nitrogen and oxygen atoms in total. The Labute approximate surface area is 111 Å². The molecule has 1 aliphatic rings. The van der Waals surface area contributed by atoms with Gasteiger partial charge in [0.25, 0.3) is 5.91 Å². The van der Waals surface area contributed by atoms with Crippen molar-refractivity contribution in [3.8, 4) is 0 Å². The number of carboxylic acid groups (broad SMARTS) is 1. The van der Waals surface area contributed by atoms with E-state index in [1.165, 1.54) is 0 Å². The molecule has 0 unspecified atom stereocenters. The molecule has 1 fully saturated rings. The maximum Gasteiger partial charge on any atom is 0.305 e. The van der Waals surface area contributed by atoms with Gasteiger partial charge in [0, 0.05) is 18.2 Å². The maximum atomic E-state index is 12.3. The van der Waals surface area contributed by atoms with Crippen LogP contribution in [0.5, 0.6) is 0 Å². The Kier molecular flexibility index (Phi) is 4.16. The van der Waals surface area contributed by atoms with E-state index in [0.29, 0.717) is 5.56 Å². The second-order valence-electron chi connectivity index (χ2n) is 4.73. The van der Waals surface area contributed by atoms with E-state index in [9.17, 15) is 9.59 Å². The van der Waals surface area contributed by atoms with Crippen molar-refractivity contribution in [1.29, 1.82) is 0 Å². The zero-order valence-corrected chi connectivity index (χ0v) is 10.6. The van der Waals surface area contributed by atoms with Gasteiger partial charge in [0.1, 0.15) is 0 Å². The van der Waals surface area contributed by atoms with Gasteiger partial charge >= 0.3 is 5.97 Å². The van der Waals surface area contributed by atoms with Gasteiger partial charge in [-0.05, 0) is 30.5 Å². The van der Waals surface area contributed by atoms with Gasteiger partial charge in [-0.2, -0.15) is 0 Å². The number of benzene rings is 1. The third-order valence-electron chi connectivity index (χ3n) is 3.20. The summed E-state index contributed by atoms with van der Waals surface area (Å²) >= 11 is 0. The first-order chi connectivity index (χ1) is 9.11. The number of hydrogen-bond acceptors (Lipinski definition) is 3. The molecule has 2 rings (SSSR count). The summed E-state index contributed by atoms with van der Waals surface area (Å²) in [5.41, 5.74) is 1.29. The topological polar surface area (TPSA) is 77.8 Å². The highest BCUT2D eigenvalue weighted by atomic mass is 16.4. The molecule has 19 heavy (non-hydrogen) atoms. The Bertz CT molecular complexity index is 465. The van der Waals surface area contributed by atoms with Crippen LogP contribution in [0.4, 0.5) is 0 Å². The van der Waals surface area contributed by atoms with Gasteiger partial charge in [0.15, 0.2) is 0 Å². The van der Waals surface area contributed by atoms with Crippen molar-refractivity contribution < 1.29 is 19.8 Å². The summed E-state index contributed by atoms with van der Waals surface area (Å²) in [6, 6.07) is 6.93. The fourth-order valence-electron chi connectivity index (χ4n) is 1.97. The van der Waals surface area contributed by atoms with Crippen LogP contribution >= 0.6 is 0 Å². The van der Waals surface area contributed by atoms with E-state index in [-0.39, 0.29) is 31.5 Å². The van der Waals surface area contributed by atoms with Crippen LogP contribution in [0.25, 0.3) is 0 Å². The number of aliphatic carboxylic acids is 1. The minimum Gasteiger partial charge on any atom is -0.481 e. The standard InChI is InChI=1S/C14H17NO4/c16-9-10-1-3-11(4-2-10)14(19)15(12-5-6-12)8-7-13(17)18/h1-4,12,16H,5-9H2,(H,17,18). The number of aliphatic hydroxyl groups is 1. The van der Waals surface area contributed by atoms with E-state index in [2.05, 4.69) is 0 Å². The number of amides is 1. The summed E-state index contributed by atoms with van der Waals surface area (Å²) in [6.07, 6.45) is 1.86. The minimum atomic E-state index is -0.894. The van der Waals surface area contributed by atoms with Gasteiger partial charge in [-0.25, -0.2) is 0 Å². The number of carbonyl (C=O) groups excluding carboxylic acids is 1. The third kappa shape index (κ3) is 3.54. The summed E-state index contributed by atoms with van der Waals surface area (Å²) in [5.74, 6) is -1.03. The smallest absolute Gasteiger partial charge is 0.305 e. The normalized spacial score (nSPS) is 14.2. The second kappa shape index (κ2) is 5.84. The molecule has 1 aliphatic carbocycles. The van der Waals surface area contributed by atoms with Crippen LogP contribution in [0.2, 0.25) is 0 Å². The van der Waals surface area contributed by atoms with E-state index < -0.39 is 5.97 Å². The van der Waals surface area contributed by atoms with Crippen molar-refractivity contribution in [3.63, 3.8) is 0 Å². The summed E-state index contributed by atoms with van der Waals surface area (Å²) in [4.78, 5) is 24.6. The third-order valence-corrected chi connectivity index (χ3v) is 3.20. The number of rotatable bonds is 6. The lowest BCUT2D eigenvalue weighted by Gasteiger charge is -2.21. The largest absolute Gasteiger partial charge is 0.481 e. The number of carbonyl (C=O) groups is 2. The Hall–Kier alpha value is -1.88. The lowest BCUT2D eigenvalue weighted by atomic mass is 10.1. The molecule has 1 aromatic rings. The van der Waals surface area contributed by atoms with Crippen molar-refractivity contribution in [2.24, 2.45) is 0 Å². The van der Waals surface area contributed by atoms with Crippen molar-refractivity contribution >= 4 is 11.9 Å². The van der Waals surface area contributed by atoms with Crippen molar-refractivity contribution in [2.75, 3.05) is 6.54 Å². The molecule has 0 aromatic heterocycles. The first-order valence-corrected chi connectivity index (χ1v) is 6.34. The monoisotopic (exact) mass is 263 g/mol. The molecule has 1 saturated carbocycles. The Morgan fingerprint density at radius 2 is 1.84 bits per heavy atom. The first kappa shape index (κ1) is 13.5. The lowest BCUT2D eigenvalue weighted by molar-refractivity contribution is -0.137. The zero-order valence-electron chi connectivity index (χ0n) is 10.6. The molecule has 0 saturated heterocycles. The molecule has 1 amide bonds. The fraction of sp³-hybridized carbons (Fsp3) is 0.429. The molecule has 0 atom stereocenters. The van der Waals surface area contributed by atoms with Gasteiger partial charge in [0.05, 0.1) is 13.0 Å². The van der Waals surface area contributed by atoms with Crippen LogP contribution in [0.15, 0.2) is 24.3 Å². The van der Waals surface area contributed by atoms with E-state index in [1.807, 2.05) is 0 Å². The summed E-state index contributed by atoms with van der Waals surface area (Å²) < 4.78 is 0. The molecule has 2 N–H and O–H groups in total. The van der Waals surface area contributed by atoms with Crippen LogP contribution < -0.4 is 0 Å². The molecule has 0 spiro atoms. The average Bonchev–Trinajstić information content (AvgIpc) is 3.23. The van der Waals surface area contributed by atoms with Crippen molar-refractivity contribution in [3.05, 3.63) is 35.4 Å². The van der Waals surface area contributed by atoms with Crippen molar-refractivity contribution in [2.45, 2.75) is 31.9 Å². The van der Waals surface area contributed by atoms with Crippen LogP contribution in [0.3, 0.4) is 0 Å². The van der Waals surface area contributed by atoms with Crippen LogP contribution in [-0.4, -0.2) is 39.6 Å². The Balaban J connectivity index is 2.07. The fourth-order valence-corrected chi connectivity index (χ4v) is 1.97. The quantitative estimate of drug-likeness (QED) is 0.810. The van der Waals surface area contributed by atoms with Gasteiger partial charge in [-0.1, -0.05) is 12.1 Å². The van der Waals surface area contributed by atoms with Gasteiger partial charge in [-0.15, -0.1) is 0 Å². The molecule has 0 heterocycles. The molecule has 1 aromatic carbocycles. The van der Waals surface area contributed by atoms with E-state index in [0.717, 1.165) is 18.4 Å². The number of aliphatic hydroxyl groups excluding tert-OH is 1. The van der Waals surface area contributed by atoms with Crippen molar-refractivity contribution in [1.82, 2.24) is 4.90 Å². The average molecular weight is 263 g/mol. The number of carboxylic acids is 1. The highest BCUT2D eigenvalue weighted by Crippen LogP contribution is 2.28. The number of nitrogens with zero attached hydrogens (tertiary/aromatic N) is 1. The van der Waals surface area contributed by atoms with Crippen LogP contribution in [0.1, 0.15) is 35.2 Å². The molecule has 102 valence electrons. The van der Waals surface area contributed by atoms with Crippen LogP contribution in [-0.2, 0) is 11.4 Å². The molecule has 0 bridgehead atoms. The highest BCUT2D eigenvalue weighted by molar-refractivity contribution is 5.94. The second-order valence-corrected chi connectivity index (χ2v) is 4.73. The first-order valence-electron chi connectivity index (χ1n) is 6.34. The summed E-state index contributed by atoms with van der Waals surface area (Å²) in [7, 11) is 0. The summed E-state index contributed by atoms with van der Waals surface area (Å²) in [6.45, 7) is 0.195. The predicted octanol–water partition coefficient (Wildman–Crippen LogP) is 1.26. The van der Waals surface area contributed by atoms with E-state index >= 15 is 0 Å². The molecule has 5 heteroatoms. The van der Waals surface area contributed by atoms with Gasteiger partial charge in [0.2, 0.25) is 0 Å². The highest BCUT2D eigenvalue weighted by Gasteiger charge is 2.33. The Morgan fingerprint density at radius 3 is 2.32 bits per heavy atom.